The molecule has 8 heteroatoms. The Morgan fingerprint density at radius 2 is 2.12 bits per heavy atom. The third-order valence-corrected chi connectivity index (χ3v) is 4.69. The minimum Gasteiger partial charge on any atom is -0.504 e. The number of phenolic OH excluding ortho intramolecular Hbond substituents is 1. The van der Waals surface area contributed by atoms with E-state index in [1.165, 1.54) is 13.4 Å². The van der Waals surface area contributed by atoms with E-state index in [0.717, 1.165) is 35.4 Å². The highest BCUT2D eigenvalue weighted by Crippen LogP contribution is 2.35. The van der Waals surface area contributed by atoms with E-state index in [1.54, 1.807) is 12.1 Å². The lowest BCUT2D eigenvalue weighted by Gasteiger charge is -2.29. The van der Waals surface area contributed by atoms with Crippen LogP contribution >= 0.6 is 0 Å². The lowest BCUT2D eigenvalue weighted by atomic mass is 10.0. The number of aryl methyl sites for hydroxylation is 1. The summed E-state index contributed by atoms with van der Waals surface area (Å²) >= 11 is 0. The number of aromatic nitrogens is 4. The molecule has 0 atom stereocenters. The molecule has 0 bridgehead atoms. The van der Waals surface area contributed by atoms with Gasteiger partial charge in [0.25, 0.3) is 0 Å². The maximum absolute atomic E-state index is 9.97. The average molecular weight is 341 g/mol. The molecule has 0 saturated heterocycles. The maximum Gasteiger partial charge on any atom is 0.161 e. The number of aliphatic hydroxyl groups is 1. The molecule has 1 aromatic carbocycles. The molecule has 4 rings (SSSR count). The van der Waals surface area contributed by atoms with Gasteiger partial charge in [-0.1, -0.05) is 0 Å². The molecule has 0 amide bonds. The van der Waals surface area contributed by atoms with Crippen molar-refractivity contribution in [1.29, 1.82) is 0 Å². The van der Waals surface area contributed by atoms with E-state index in [-0.39, 0.29) is 12.4 Å². The van der Waals surface area contributed by atoms with Crippen LogP contribution in [0.1, 0.15) is 17.0 Å². The van der Waals surface area contributed by atoms with Crippen LogP contribution in [0.4, 0.5) is 5.82 Å². The highest BCUT2D eigenvalue weighted by atomic mass is 16.5. The Morgan fingerprint density at radius 3 is 2.88 bits per heavy atom. The predicted molar refractivity (Wildman–Crippen MR) is 91.6 cm³/mol. The molecule has 2 aromatic heterocycles. The molecule has 0 spiro atoms. The molecule has 0 fully saturated rings. The molecular weight excluding hydrogens is 322 g/mol. The fourth-order valence-corrected chi connectivity index (χ4v) is 3.45. The second kappa shape index (κ2) is 5.89. The van der Waals surface area contributed by atoms with E-state index in [1.807, 2.05) is 11.7 Å². The number of fused-ring (bicyclic) bond motifs is 2. The molecule has 25 heavy (non-hydrogen) atoms. The van der Waals surface area contributed by atoms with Crippen molar-refractivity contribution in [3.8, 4) is 11.5 Å². The Balaban J connectivity index is 1.80. The van der Waals surface area contributed by atoms with Gasteiger partial charge in [-0.25, -0.2) is 9.97 Å². The van der Waals surface area contributed by atoms with Crippen LogP contribution in [0, 0.1) is 0 Å². The van der Waals surface area contributed by atoms with Crippen LogP contribution in [0.15, 0.2) is 18.5 Å². The summed E-state index contributed by atoms with van der Waals surface area (Å²) in [5.74, 6) is 1.22. The van der Waals surface area contributed by atoms with Crippen LogP contribution in [0.5, 0.6) is 11.5 Å². The third kappa shape index (κ3) is 2.45. The summed E-state index contributed by atoms with van der Waals surface area (Å²) in [6.07, 6.45) is 2.31. The fraction of sp³-hybridized carbons (Fsp3) is 0.353. The van der Waals surface area contributed by atoms with Crippen molar-refractivity contribution in [1.82, 2.24) is 19.7 Å². The Hall–Kier alpha value is -2.87. The maximum atomic E-state index is 9.97. The van der Waals surface area contributed by atoms with E-state index < -0.39 is 0 Å². The number of ether oxygens (including phenoxy) is 1. The van der Waals surface area contributed by atoms with Crippen LogP contribution in [0.25, 0.3) is 10.9 Å². The zero-order valence-corrected chi connectivity index (χ0v) is 14.1. The quantitative estimate of drug-likeness (QED) is 0.737. The summed E-state index contributed by atoms with van der Waals surface area (Å²) in [6.45, 7) is 1.32. The van der Waals surface area contributed by atoms with Gasteiger partial charge in [-0.3, -0.25) is 4.68 Å². The topological polar surface area (TPSA) is 96.5 Å². The first-order valence-corrected chi connectivity index (χ1v) is 8.03. The number of rotatable bonds is 3. The summed E-state index contributed by atoms with van der Waals surface area (Å²) < 4.78 is 7.07. The molecule has 3 aromatic rings. The third-order valence-electron chi connectivity index (χ3n) is 4.69. The minimum atomic E-state index is -0.0801. The Labute approximate surface area is 144 Å². The Bertz CT molecular complexity index is 953. The monoisotopic (exact) mass is 341 g/mol. The van der Waals surface area contributed by atoms with Crippen LogP contribution in [0.2, 0.25) is 0 Å². The number of phenols is 1. The van der Waals surface area contributed by atoms with E-state index in [4.69, 9.17) is 4.74 Å². The Morgan fingerprint density at radius 1 is 1.28 bits per heavy atom. The van der Waals surface area contributed by atoms with Gasteiger partial charge in [-0.05, 0) is 6.07 Å². The largest absolute Gasteiger partial charge is 0.504 e. The first-order chi connectivity index (χ1) is 12.1. The van der Waals surface area contributed by atoms with Crippen molar-refractivity contribution < 1.29 is 14.9 Å². The Kier molecular flexibility index (Phi) is 3.69. The molecule has 130 valence electrons. The first-order valence-electron chi connectivity index (χ1n) is 8.03. The SMILES string of the molecule is COc1cc2c(N3CCc4c(c(CO)nn4C)C3)ncnc2cc1O. The van der Waals surface area contributed by atoms with Gasteiger partial charge in [0.1, 0.15) is 12.1 Å². The van der Waals surface area contributed by atoms with Crippen LogP contribution in [0.3, 0.4) is 0 Å². The van der Waals surface area contributed by atoms with E-state index >= 15 is 0 Å². The molecule has 0 unspecified atom stereocenters. The van der Waals surface area contributed by atoms with Crippen molar-refractivity contribution >= 4 is 16.7 Å². The number of hydrogen-bond acceptors (Lipinski definition) is 7. The number of benzene rings is 1. The predicted octanol–water partition coefficient (Wildman–Crippen LogP) is 1.13. The van der Waals surface area contributed by atoms with Crippen LogP contribution < -0.4 is 9.64 Å². The molecule has 2 N–H and O–H groups in total. The molecule has 0 saturated carbocycles. The van der Waals surface area contributed by atoms with E-state index in [0.29, 0.717) is 23.5 Å². The summed E-state index contributed by atoms with van der Waals surface area (Å²) in [4.78, 5) is 10.8. The number of hydrogen-bond donors (Lipinski definition) is 2. The second-order valence-corrected chi connectivity index (χ2v) is 6.06. The molecule has 0 radical (unpaired) electrons. The van der Waals surface area contributed by atoms with Gasteiger partial charge in [0.2, 0.25) is 0 Å². The van der Waals surface area contributed by atoms with Crippen molar-refractivity contribution in [2.75, 3.05) is 18.6 Å². The number of aliphatic hydroxyl groups excluding tert-OH is 1. The molecule has 1 aliphatic heterocycles. The van der Waals surface area contributed by atoms with E-state index in [2.05, 4.69) is 20.0 Å². The highest BCUT2D eigenvalue weighted by Gasteiger charge is 2.25. The van der Waals surface area contributed by atoms with Crippen molar-refractivity contribution in [2.45, 2.75) is 19.6 Å². The molecule has 1 aliphatic rings. The lowest BCUT2D eigenvalue weighted by Crippen LogP contribution is -2.32. The second-order valence-electron chi connectivity index (χ2n) is 6.06. The van der Waals surface area contributed by atoms with Crippen LogP contribution in [-0.2, 0) is 26.6 Å². The van der Waals surface area contributed by atoms with Gasteiger partial charge in [-0.15, -0.1) is 0 Å². The molecular formula is C17H19N5O3. The van der Waals surface area contributed by atoms with Crippen LogP contribution in [-0.4, -0.2) is 43.6 Å². The molecule has 0 aliphatic carbocycles. The van der Waals surface area contributed by atoms with Gasteiger partial charge in [0.15, 0.2) is 11.5 Å². The number of methoxy groups -OCH3 is 1. The average Bonchev–Trinajstić information content (AvgIpc) is 2.96. The summed E-state index contributed by atoms with van der Waals surface area (Å²) in [5, 5.41) is 24.8. The van der Waals surface area contributed by atoms with Gasteiger partial charge >= 0.3 is 0 Å². The van der Waals surface area contributed by atoms with E-state index in [9.17, 15) is 10.2 Å². The smallest absolute Gasteiger partial charge is 0.161 e. The normalized spacial score (nSPS) is 14.0. The zero-order valence-electron chi connectivity index (χ0n) is 14.1. The number of nitrogens with zero attached hydrogens (tertiary/aromatic N) is 5. The van der Waals surface area contributed by atoms with Gasteiger partial charge in [0.05, 0.1) is 24.9 Å². The fourth-order valence-electron chi connectivity index (χ4n) is 3.45. The minimum absolute atomic E-state index is 0.0513. The van der Waals surface area contributed by atoms with Crippen molar-refractivity contribution in [3.63, 3.8) is 0 Å². The standard InChI is InChI=1S/C17H19N5O3/c1-21-14-3-4-22(7-11(14)13(8-23)20-21)17-10-5-16(25-2)15(24)6-12(10)18-9-19-17/h5-6,9,23-24H,3-4,7-8H2,1-2H3. The van der Waals surface area contributed by atoms with Gasteiger partial charge in [-0.2, -0.15) is 5.10 Å². The highest BCUT2D eigenvalue weighted by molar-refractivity contribution is 5.92. The summed E-state index contributed by atoms with van der Waals surface area (Å²) in [7, 11) is 3.42. The van der Waals surface area contributed by atoms with Gasteiger partial charge in [0, 0.05) is 49.3 Å². The van der Waals surface area contributed by atoms with Crippen molar-refractivity contribution in [2.24, 2.45) is 7.05 Å². The summed E-state index contributed by atoms with van der Waals surface area (Å²) in [6, 6.07) is 3.34. The van der Waals surface area contributed by atoms with Gasteiger partial charge < -0.3 is 19.8 Å². The lowest BCUT2D eigenvalue weighted by molar-refractivity contribution is 0.274. The first kappa shape index (κ1) is 15.6. The number of anilines is 1. The van der Waals surface area contributed by atoms with Crippen molar-refractivity contribution in [3.05, 3.63) is 35.4 Å². The zero-order chi connectivity index (χ0) is 17.6. The number of aromatic hydroxyl groups is 1. The molecule has 8 nitrogen and oxygen atoms in total. The summed E-state index contributed by atoms with van der Waals surface area (Å²) in [5.41, 5.74) is 3.56. The molecule has 3 heterocycles.